The van der Waals surface area contributed by atoms with Crippen molar-refractivity contribution in [3.63, 3.8) is 0 Å². The van der Waals surface area contributed by atoms with E-state index in [1.54, 1.807) is 56.7 Å². The highest BCUT2D eigenvalue weighted by molar-refractivity contribution is 7.89. The molecule has 0 spiro atoms. The number of nitrogens with zero attached hydrogens (tertiary/aromatic N) is 4. The minimum atomic E-state index is -4.12. The van der Waals surface area contributed by atoms with Crippen LogP contribution in [0.5, 0.6) is 0 Å². The molecule has 4 rings (SSSR count). The first-order valence-corrected chi connectivity index (χ1v) is 16.3. The van der Waals surface area contributed by atoms with E-state index in [0.717, 1.165) is 22.9 Å². The Morgan fingerprint density at radius 3 is 2.49 bits per heavy atom. The fourth-order valence-electron chi connectivity index (χ4n) is 5.03. The summed E-state index contributed by atoms with van der Waals surface area (Å²) in [6.45, 7) is 7.00. The second-order valence-corrected chi connectivity index (χ2v) is 13.8. The third-order valence-corrected chi connectivity index (χ3v) is 8.95. The van der Waals surface area contributed by atoms with E-state index in [-0.39, 0.29) is 18.0 Å². The standard InChI is InChI=1S/C31H42N8O5S/c1-21-16-22(2)28(23(3)17-21)45(42,43)37-26(30(41)44-15-14-39(4,5)6)20-35-29(40)24-8-9-27-25(18-24)19-36-38(27)13-7-10-32-31-33-11-12-34-31/h8-9,11-12,16-19,26,37H,7,10,13-15,20H2,1-6H3,(H2-,32,33,34,35,40)/p+1/t26-/m0/s1. The maximum atomic E-state index is 13.5. The number of hydrogen-bond donors (Lipinski definition) is 4. The van der Waals surface area contributed by atoms with Crippen LogP contribution in [-0.2, 0) is 26.1 Å². The Morgan fingerprint density at radius 2 is 1.82 bits per heavy atom. The number of H-pyrrole nitrogens is 1. The summed E-state index contributed by atoms with van der Waals surface area (Å²) in [6, 6.07) is 7.41. The third-order valence-electron chi connectivity index (χ3n) is 7.17. The Balaban J connectivity index is 1.44. The number of aromatic amines is 1. The summed E-state index contributed by atoms with van der Waals surface area (Å²) in [7, 11) is 1.74. The van der Waals surface area contributed by atoms with Crippen LogP contribution in [0.15, 0.2) is 53.8 Å². The number of sulfonamides is 1. The maximum absolute atomic E-state index is 13.5. The normalized spacial score (nSPS) is 12.7. The van der Waals surface area contributed by atoms with Gasteiger partial charge in [-0.05, 0) is 56.5 Å². The van der Waals surface area contributed by atoms with E-state index in [1.807, 2.05) is 38.8 Å². The molecule has 0 saturated heterocycles. The Hall–Kier alpha value is -4.27. The lowest BCUT2D eigenvalue weighted by Crippen LogP contribution is -2.50. The molecule has 2 aromatic heterocycles. The van der Waals surface area contributed by atoms with E-state index >= 15 is 0 Å². The first kappa shape index (κ1) is 33.6. The quantitative estimate of drug-likeness (QED) is 0.0877. The summed E-state index contributed by atoms with van der Waals surface area (Å²) in [6.07, 6.45) is 5.94. The van der Waals surface area contributed by atoms with Crippen molar-refractivity contribution < 1.29 is 27.2 Å². The molecule has 4 aromatic rings. The van der Waals surface area contributed by atoms with E-state index in [4.69, 9.17) is 4.74 Å². The molecule has 1 amide bonds. The van der Waals surface area contributed by atoms with Crippen molar-refractivity contribution in [2.24, 2.45) is 0 Å². The van der Waals surface area contributed by atoms with Crippen LogP contribution in [0.25, 0.3) is 10.9 Å². The van der Waals surface area contributed by atoms with Gasteiger partial charge in [-0.25, -0.2) is 13.4 Å². The molecule has 0 bridgehead atoms. The van der Waals surface area contributed by atoms with Gasteiger partial charge in [-0.15, -0.1) is 0 Å². The lowest BCUT2D eigenvalue weighted by molar-refractivity contribution is -0.870. The summed E-state index contributed by atoms with van der Waals surface area (Å²) >= 11 is 0. The number of aromatic nitrogens is 4. The van der Waals surface area contributed by atoms with Crippen molar-refractivity contribution in [3.05, 3.63) is 71.2 Å². The van der Waals surface area contributed by atoms with Gasteiger partial charge >= 0.3 is 5.97 Å². The number of hydrogen-bond acceptors (Lipinski definition) is 8. The lowest BCUT2D eigenvalue weighted by Gasteiger charge is -2.24. The molecule has 0 aliphatic heterocycles. The number of quaternary nitrogens is 1. The summed E-state index contributed by atoms with van der Waals surface area (Å²) in [5.41, 5.74) is 3.27. The smallest absolute Gasteiger partial charge is 0.326 e. The van der Waals surface area contributed by atoms with Crippen LogP contribution in [0.3, 0.4) is 0 Å². The summed E-state index contributed by atoms with van der Waals surface area (Å²) in [4.78, 5) is 33.6. The SMILES string of the molecule is Cc1cc(C)c(S(=O)(=O)N[C@@H](CNC(=O)c2ccc3c(cnn3CCCNc3ncc[nH]3)c2)C(=O)OCC[N+](C)(C)C)c(C)c1. The Kier molecular flexibility index (Phi) is 10.6. The summed E-state index contributed by atoms with van der Waals surface area (Å²) in [5, 5.41) is 11.2. The number of amides is 1. The van der Waals surface area contributed by atoms with E-state index in [0.29, 0.717) is 46.8 Å². The van der Waals surface area contributed by atoms with Crippen molar-refractivity contribution >= 4 is 38.8 Å². The van der Waals surface area contributed by atoms with Gasteiger partial charge in [0, 0.05) is 43.0 Å². The molecule has 13 nitrogen and oxygen atoms in total. The van der Waals surface area contributed by atoms with Crippen molar-refractivity contribution in [2.75, 3.05) is 52.7 Å². The Labute approximate surface area is 264 Å². The van der Waals surface area contributed by atoms with Crippen molar-refractivity contribution in [1.82, 2.24) is 29.8 Å². The predicted octanol–water partition coefficient (Wildman–Crippen LogP) is 2.51. The molecular formula is C31H43N8O5S+. The number of imidazole rings is 1. The topological polar surface area (TPSA) is 160 Å². The minimum Gasteiger partial charge on any atom is -0.458 e. The van der Waals surface area contributed by atoms with Gasteiger partial charge in [0.25, 0.3) is 5.91 Å². The zero-order chi connectivity index (χ0) is 32.8. The van der Waals surface area contributed by atoms with Gasteiger partial charge in [-0.2, -0.15) is 9.82 Å². The number of nitrogens with one attached hydrogen (secondary N) is 4. The van der Waals surface area contributed by atoms with Gasteiger partial charge in [-0.1, -0.05) is 17.7 Å². The monoisotopic (exact) mass is 639 g/mol. The molecule has 14 heteroatoms. The molecule has 2 aromatic carbocycles. The minimum absolute atomic E-state index is 0.0939. The van der Waals surface area contributed by atoms with Crippen LogP contribution in [0.4, 0.5) is 5.95 Å². The van der Waals surface area contributed by atoms with Gasteiger partial charge in [0.2, 0.25) is 10.0 Å². The number of fused-ring (bicyclic) bond motifs is 1. The highest BCUT2D eigenvalue weighted by Crippen LogP contribution is 2.22. The molecule has 0 saturated carbocycles. The first-order chi connectivity index (χ1) is 21.2. The number of likely N-dealkylation sites (N-methyl/N-ethyl adjacent to an activating group) is 1. The van der Waals surface area contributed by atoms with Crippen LogP contribution >= 0.6 is 0 Å². The van der Waals surface area contributed by atoms with Gasteiger partial charge in [0.15, 0.2) is 5.95 Å². The number of aryl methyl sites for hydroxylation is 4. The molecule has 2 heterocycles. The molecule has 0 aliphatic carbocycles. The average Bonchev–Trinajstić information content (AvgIpc) is 3.61. The molecular weight excluding hydrogens is 596 g/mol. The Morgan fingerprint density at radius 1 is 1.09 bits per heavy atom. The van der Waals surface area contributed by atoms with Gasteiger partial charge in [0.05, 0.1) is 37.8 Å². The van der Waals surface area contributed by atoms with Crippen molar-refractivity contribution in [3.8, 4) is 0 Å². The van der Waals surface area contributed by atoms with E-state index in [1.165, 1.54) is 0 Å². The Bertz CT molecular complexity index is 1720. The van der Waals surface area contributed by atoms with Crippen LogP contribution in [0.1, 0.15) is 33.5 Å². The number of rotatable bonds is 15. The van der Waals surface area contributed by atoms with Crippen LogP contribution < -0.4 is 15.4 Å². The largest absolute Gasteiger partial charge is 0.458 e. The molecule has 0 fully saturated rings. The second-order valence-electron chi connectivity index (χ2n) is 12.2. The fraction of sp³-hybridized carbons (Fsp3) is 0.419. The molecule has 242 valence electrons. The van der Waals surface area contributed by atoms with Crippen LogP contribution in [-0.4, -0.2) is 98.0 Å². The number of benzene rings is 2. The molecule has 45 heavy (non-hydrogen) atoms. The zero-order valence-electron chi connectivity index (χ0n) is 26.7. The number of carbonyl (C=O) groups is 2. The molecule has 4 N–H and O–H groups in total. The summed E-state index contributed by atoms with van der Waals surface area (Å²) in [5.74, 6) is -0.518. The number of anilines is 1. The lowest BCUT2D eigenvalue weighted by atomic mass is 10.1. The van der Waals surface area contributed by atoms with Crippen LogP contribution in [0.2, 0.25) is 0 Å². The van der Waals surface area contributed by atoms with E-state index in [2.05, 4.69) is 30.4 Å². The predicted molar refractivity (Wildman–Crippen MR) is 172 cm³/mol. The van der Waals surface area contributed by atoms with Gasteiger partial charge in [0.1, 0.15) is 19.2 Å². The average molecular weight is 640 g/mol. The number of ether oxygens (including phenoxy) is 1. The van der Waals surface area contributed by atoms with Crippen LogP contribution in [0, 0.1) is 20.8 Å². The highest BCUT2D eigenvalue weighted by Gasteiger charge is 2.30. The molecule has 0 radical (unpaired) electrons. The molecule has 1 atom stereocenters. The summed E-state index contributed by atoms with van der Waals surface area (Å²) < 4.78 is 37.4. The van der Waals surface area contributed by atoms with Crippen molar-refractivity contribution in [1.29, 1.82) is 0 Å². The second kappa shape index (κ2) is 14.2. The fourth-order valence-corrected chi connectivity index (χ4v) is 6.67. The van der Waals surface area contributed by atoms with Gasteiger partial charge < -0.3 is 24.8 Å². The first-order valence-electron chi connectivity index (χ1n) is 14.8. The molecule has 0 aliphatic rings. The van der Waals surface area contributed by atoms with E-state index < -0.39 is 27.9 Å². The van der Waals surface area contributed by atoms with Crippen molar-refractivity contribution in [2.45, 2.75) is 44.7 Å². The molecule has 0 unspecified atom stereocenters. The third kappa shape index (κ3) is 9.12. The number of carbonyl (C=O) groups excluding carboxylic acids is 2. The van der Waals surface area contributed by atoms with E-state index in [9.17, 15) is 18.0 Å². The maximum Gasteiger partial charge on any atom is 0.326 e. The van der Waals surface area contributed by atoms with Gasteiger partial charge in [-0.3, -0.25) is 14.3 Å². The highest BCUT2D eigenvalue weighted by atomic mass is 32.2. The number of esters is 1. The zero-order valence-corrected chi connectivity index (χ0v) is 27.5.